The highest BCUT2D eigenvalue weighted by molar-refractivity contribution is 4.98. The van der Waals surface area contributed by atoms with Gasteiger partial charge in [0.15, 0.2) is 0 Å². The molecule has 19 heavy (non-hydrogen) atoms. The minimum absolute atomic E-state index is 0.237. The summed E-state index contributed by atoms with van der Waals surface area (Å²) in [4.78, 5) is 2.55. The summed E-state index contributed by atoms with van der Waals surface area (Å²) >= 11 is 0. The van der Waals surface area contributed by atoms with E-state index in [9.17, 15) is 5.26 Å². The molecule has 2 aliphatic rings. The molecule has 4 unspecified atom stereocenters. The molecule has 0 aromatic rings. The minimum atomic E-state index is 0.237. The number of likely N-dealkylation sites (tertiary alicyclic amines) is 1. The first-order valence-electron chi connectivity index (χ1n) is 7.99. The van der Waals surface area contributed by atoms with Crippen molar-refractivity contribution in [2.24, 2.45) is 11.8 Å². The summed E-state index contributed by atoms with van der Waals surface area (Å²) in [6.45, 7) is 7.56. The number of hydrogen-bond donors (Lipinski definition) is 0. The van der Waals surface area contributed by atoms with E-state index in [1.165, 1.54) is 25.7 Å². The molecule has 0 aromatic carbocycles. The lowest BCUT2D eigenvalue weighted by Gasteiger charge is -2.43. The lowest BCUT2D eigenvalue weighted by Crippen LogP contribution is -2.50. The molecule has 0 spiro atoms. The van der Waals surface area contributed by atoms with Crippen LogP contribution in [0.4, 0.5) is 0 Å². The third-order valence-corrected chi connectivity index (χ3v) is 4.68. The van der Waals surface area contributed by atoms with Crippen LogP contribution in [0, 0.1) is 23.2 Å². The molecule has 1 saturated heterocycles. The van der Waals surface area contributed by atoms with Crippen molar-refractivity contribution < 1.29 is 4.74 Å². The van der Waals surface area contributed by atoms with Crippen LogP contribution in [0.15, 0.2) is 0 Å². The number of ether oxygens (including phenoxy) is 1. The molecule has 1 saturated carbocycles. The molecule has 2 fully saturated rings. The molecule has 3 heteroatoms. The van der Waals surface area contributed by atoms with Gasteiger partial charge in [-0.3, -0.25) is 4.90 Å². The molecule has 1 aliphatic heterocycles. The van der Waals surface area contributed by atoms with Crippen LogP contribution in [0.25, 0.3) is 0 Å². The molecule has 4 atom stereocenters. The molecule has 0 amide bonds. The van der Waals surface area contributed by atoms with Gasteiger partial charge in [0.2, 0.25) is 0 Å². The van der Waals surface area contributed by atoms with Gasteiger partial charge in [-0.1, -0.05) is 13.8 Å². The SMILES string of the molecule is CCCOC1CCCN(C2CC(C)CCC2C#N)C1. The molecule has 2 rings (SSSR count). The van der Waals surface area contributed by atoms with E-state index in [1.54, 1.807) is 0 Å². The lowest BCUT2D eigenvalue weighted by molar-refractivity contribution is -0.0259. The highest BCUT2D eigenvalue weighted by Gasteiger charge is 2.35. The standard InChI is InChI=1S/C16H28N2O/c1-3-9-19-15-5-4-8-18(12-15)16-10-13(2)6-7-14(16)11-17/h13-16H,3-10,12H2,1-2H3. The average Bonchev–Trinajstić information content (AvgIpc) is 2.45. The quantitative estimate of drug-likeness (QED) is 0.782. The average molecular weight is 264 g/mol. The van der Waals surface area contributed by atoms with Crippen molar-refractivity contribution in [2.75, 3.05) is 19.7 Å². The molecule has 1 heterocycles. The fourth-order valence-corrected chi connectivity index (χ4v) is 3.59. The Balaban J connectivity index is 1.93. The summed E-state index contributed by atoms with van der Waals surface area (Å²) < 4.78 is 5.92. The van der Waals surface area contributed by atoms with Crippen molar-refractivity contribution >= 4 is 0 Å². The molecule has 0 radical (unpaired) electrons. The van der Waals surface area contributed by atoms with Gasteiger partial charge in [0.05, 0.1) is 18.1 Å². The van der Waals surface area contributed by atoms with Crippen LogP contribution in [-0.4, -0.2) is 36.7 Å². The van der Waals surface area contributed by atoms with Crippen LogP contribution < -0.4 is 0 Å². The number of nitriles is 1. The van der Waals surface area contributed by atoms with Crippen molar-refractivity contribution in [2.45, 2.75) is 64.5 Å². The number of piperidine rings is 1. The second-order valence-electron chi connectivity index (χ2n) is 6.35. The van der Waals surface area contributed by atoms with Gasteiger partial charge in [0.1, 0.15) is 0 Å². The van der Waals surface area contributed by atoms with Crippen molar-refractivity contribution in [3.63, 3.8) is 0 Å². The van der Waals surface area contributed by atoms with Gasteiger partial charge in [-0.15, -0.1) is 0 Å². The van der Waals surface area contributed by atoms with Gasteiger partial charge in [-0.05, 0) is 51.0 Å². The first-order valence-corrected chi connectivity index (χ1v) is 7.99. The zero-order valence-corrected chi connectivity index (χ0v) is 12.5. The Labute approximate surface area is 117 Å². The molecule has 0 aromatic heterocycles. The van der Waals surface area contributed by atoms with Crippen LogP contribution in [0.2, 0.25) is 0 Å². The van der Waals surface area contributed by atoms with Gasteiger partial charge in [0.25, 0.3) is 0 Å². The van der Waals surface area contributed by atoms with Crippen LogP contribution >= 0.6 is 0 Å². The van der Waals surface area contributed by atoms with Gasteiger partial charge in [-0.25, -0.2) is 0 Å². The third kappa shape index (κ3) is 3.94. The summed E-state index contributed by atoms with van der Waals surface area (Å²) in [5.41, 5.74) is 0. The van der Waals surface area contributed by atoms with E-state index in [2.05, 4.69) is 24.8 Å². The van der Waals surface area contributed by atoms with E-state index in [1.807, 2.05) is 0 Å². The van der Waals surface area contributed by atoms with Crippen molar-refractivity contribution in [3.05, 3.63) is 0 Å². The molecular formula is C16H28N2O. The largest absolute Gasteiger partial charge is 0.377 e. The number of nitrogens with zero attached hydrogens (tertiary/aromatic N) is 2. The normalized spacial score (nSPS) is 36.9. The number of hydrogen-bond acceptors (Lipinski definition) is 3. The maximum absolute atomic E-state index is 9.38. The molecular weight excluding hydrogens is 236 g/mol. The zero-order valence-electron chi connectivity index (χ0n) is 12.5. The Kier molecular flexibility index (Phi) is 5.66. The van der Waals surface area contributed by atoms with E-state index in [4.69, 9.17) is 4.74 Å². The summed E-state index contributed by atoms with van der Waals surface area (Å²) in [6, 6.07) is 3.02. The van der Waals surface area contributed by atoms with Crippen LogP contribution in [0.5, 0.6) is 0 Å². The summed E-state index contributed by atoms with van der Waals surface area (Å²) in [5, 5.41) is 9.38. The van der Waals surface area contributed by atoms with E-state index in [0.717, 1.165) is 38.5 Å². The third-order valence-electron chi connectivity index (χ3n) is 4.68. The predicted molar refractivity (Wildman–Crippen MR) is 76.7 cm³/mol. The van der Waals surface area contributed by atoms with E-state index < -0.39 is 0 Å². The van der Waals surface area contributed by atoms with Crippen molar-refractivity contribution in [3.8, 4) is 6.07 Å². The lowest BCUT2D eigenvalue weighted by atomic mass is 9.78. The Morgan fingerprint density at radius 1 is 1.32 bits per heavy atom. The fourth-order valence-electron chi connectivity index (χ4n) is 3.59. The summed E-state index contributed by atoms with van der Waals surface area (Å²) in [6.07, 6.45) is 7.40. The Morgan fingerprint density at radius 3 is 2.89 bits per heavy atom. The van der Waals surface area contributed by atoms with E-state index in [0.29, 0.717) is 12.1 Å². The molecule has 1 aliphatic carbocycles. The first-order chi connectivity index (χ1) is 9.24. The Morgan fingerprint density at radius 2 is 2.16 bits per heavy atom. The minimum Gasteiger partial charge on any atom is -0.377 e. The predicted octanol–water partition coefficient (Wildman–Crippen LogP) is 3.21. The van der Waals surface area contributed by atoms with Gasteiger partial charge < -0.3 is 4.74 Å². The Hall–Kier alpha value is -0.590. The number of rotatable bonds is 4. The topological polar surface area (TPSA) is 36.3 Å². The monoisotopic (exact) mass is 264 g/mol. The molecule has 0 bridgehead atoms. The highest BCUT2D eigenvalue weighted by Crippen LogP contribution is 2.33. The Bertz CT molecular complexity index is 312. The van der Waals surface area contributed by atoms with E-state index in [-0.39, 0.29) is 5.92 Å². The van der Waals surface area contributed by atoms with Crippen LogP contribution in [0.1, 0.15) is 52.4 Å². The summed E-state index contributed by atoms with van der Waals surface area (Å²) in [7, 11) is 0. The second-order valence-corrected chi connectivity index (χ2v) is 6.35. The van der Waals surface area contributed by atoms with E-state index >= 15 is 0 Å². The van der Waals surface area contributed by atoms with Gasteiger partial charge in [-0.2, -0.15) is 5.26 Å². The zero-order chi connectivity index (χ0) is 13.7. The van der Waals surface area contributed by atoms with Crippen LogP contribution in [0.3, 0.4) is 0 Å². The first kappa shape index (κ1) is 14.8. The smallest absolute Gasteiger partial charge is 0.0702 e. The molecule has 108 valence electrons. The fraction of sp³-hybridized carbons (Fsp3) is 0.938. The second kappa shape index (κ2) is 7.26. The van der Waals surface area contributed by atoms with Crippen molar-refractivity contribution in [1.29, 1.82) is 5.26 Å². The van der Waals surface area contributed by atoms with Crippen LogP contribution in [-0.2, 0) is 4.74 Å². The van der Waals surface area contributed by atoms with Gasteiger partial charge >= 0.3 is 0 Å². The summed E-state index contributed by atoms with van der Waals surface area (Å²) in [5.74, 6) is 1.01. The molecule has 3 nitrogen and oxygen atoms in total. The molecule has 0 N–H and O–H groups in total. The van der Waals surface area contributed by atoms with Gasteiger partial charge in [0, 0.05) is 19.2 Å². The maximum Gasteiger partial charge on any atom is 0.0702 e. The van der Waals surface area contributed by atoms with Crippen molar-refractivity contribution in [1.82, 2.24) is 4.90 Å². The maximum atomic E-state index is 9.38. The highest BCUT2D eigenvalue weighted by atomic mass is 16.5.